The summed E-state index contributed by atoms with van der Waals surface area (Å²) >= 11 is 0. The molecule has 4 aromatic rings. The number of aliphatic hydroxyl groups excluding tert-OH is 1. The van der Waals surface area contributed by atoms with Crippen LogP contribution in [0.15, 0.2) is 53.1 Å². The molecule has 0 radical (unpaired) electrons. The van der Waals surface area contributed by atoms with Gasteiger partial charge in [0.1, 0.15) is 0 Å². The highest BCUT2D eigenvalue weighted by Crippen LogP contribution is 2.43. The topological polar surface area (TPSA) is 99.3 Å². The average molecular weight is 402 g/mol. The van der Waals surface area contributed by atoms with Gasteiger partial charge in [-0.2, -0.15) is 0 Å². The summed E-state index contributed by atoms with van der Waals surface area (Å²) in [6.07, 6.45) is 3.21. The quantitative estimate of drug-likeness (QED) is 0.427. The van der Waals surface area contributed by atoms with Crippen LogP contribution in [0.1, 0.15) is 46.6 Å². The van der Waals surface area contributed by atoms with Crippen LogP contribution < -0.4 is 0 Å². The number of aromatic hydroxyl groups is 1. The minimum Gasteiger partial charge on any atom is -0.494 e. The highest BCUT2D eigenvalue weighted by Gasteiger charge is 2.37. The van der Waals surface area contributed by atoms with E-state index in [1.165, 1.54) is 5.56 Å². The number of carbonyl (C=O) groups is 1. The molecule has 2 aromatic carbocycles. The van der Waals surface area contributed by atoms with Crippen LogP contribution in [0.3, 0.4) is 0 Å². The molecule has 6 nitrogen and oxygen atoms in total. The van der Waals surface area contributed by atoms with Crippen LogP contribution in [0, 0.1) is 6.92 Å². The van der Waals surface area contributed by atoms with Gasteiger partial charge < -0.3 is 19.7 Å². The van der Waals surface area contributed by atoms with E-state index in [0.717, 1.165) is 30.4 Å². The Labute approximate surface area is 173 Å². The second-order valence-electron chi connectivity index (χ2n) is 8.14. The van der Waals surface area contributed by atoms with E-state index in [2.05, 4.69) is 34.4 Å². The highest BCUT2D eigenvalue weighted by molar-refractivity contribution is 6.17. The lowest BCUT2D eigenvalue weighted by atomic mass is 9.65. The first-order chi connectivity index (χ1) is 14.5. The van der Waals surface area contributed by atoms with E-state index in [0.29, 0.717) is 16.6 Å². The van der Waals surface area contributed by atoms with Crippen molar-refractivity contribution >= 4 is 16.7 Å². The molecule has 0 atom stereocenters. The Morgan fingerprint density at radius 3 is 2.47 bits per heavy atom. The zero-order valence-electron chi connectivity index (χ0n) is 16.6. The van der Waals surface area contributed by atoms with Crippen molar-refractivity contribution in [3.05, 3.63) is 71.1 Å². The number of hydrogen-bond acceptors (Lipinski definition) is 5. The van der Waals surface area contributed by atoms with Gasteiger partial charge in [0.2, 0.25) is 17.4 Å². The Balaban J connectivity index is 1.49. The molecule has 1 aliphatic carbocycles. The van der Waals surface area contributed by atoms with E-state index < -0.39 is 5.78 Å². The molecule has 6 heteroatoms. The zero-order valence-corrected chi connectivity index (χ0v) is 16.6. The SMILES string of the molecule is Cc1cc(C(=O)c2c(O)[nH]c3cc(-c4ccc(C5(CO)CCC5)cc4)ccc23)on1. The summed E-state index contributed by atoms with van der Waals surface area (Å²) in [6.45, 7) is 1.92. The first-order valence-electron chi connectivity index (χ1n) is 10.1. The van der Waals surface area contributed by atoms with Crippen LogP contribution in [0.5, 0.6) is 5.88 Å². The number of rotatable bonds is 5. The van der Waals surface area contributed by atoms with Crippen molar-refractivity contribution in [3.8, 4) is 17.0 Å². The zero-order chi connectivity index (χ0) is 20.9. The maximum absolute atomic E-state index is 12.8. The van der Waals surface area contributed by atoms with Crippen molar-refractivity contribution in [1.82, 2.24) is 10.1 Å². The summed E-state index contributed by atoms with van der Waals surface area (Å²) in [4.78, 5) is 15.7. The Morgan fingerprint density at radius 2 is 1.87 bits per heavy atom. The molecule has 30 heavy (non-hydrogen) atoms. The van der Waals surface area contributed by atoms with Gasteiger partial charge in [0.15, 0.2) is 0 Å². The molecule has 0 spiro atoms. The number of aryl methyl sites for hydroxylation is 1. The Kier molecular flexibility index (Phi) is 4.25. The molecule has 1 saturated carbocycles. The van der Waals surface area contributed by atoms with E-state index in [9.17, 15) is 15.0 Å². The third kappa shape index (κ3) is 2.83. The monoisotopic (exact) mass is 402 g/mol. The number of aromatic amines is 1. The fraction of sp³-hybridized carbons (Fsp3) is 0.250. The Bertz CT molecular complexity index is 1240. The van der Waals surface area contributed by atoms with Crippen LogP contribution in [-0.4, -0.2) is 32.7 Å². The molecule has 0 amide bonds. The number of nitrogens with one attached hydrogen (secondary N) is 1. The standard InChI is InChI=1S/C24H22N2O4/c1-14-11-20(30-26-14)22(28)21-18-8-5-16(12-19(18)25-23(21)29)15-3-6-17(7-4-15)24(13-27)9-2-10-24/h3-8,11-12,25,27,29H,2,9-10,13H2,1H3. The lowest BCUT2D eigenvalue weighted by molar-refractivity contribution is 0.0999. The summed E-state index contributed by atoms with van der Waals surface area (Å²) in [6, 6.07) is 15.5. The molecule has 2 heterocycles. The summed E-state index contributed by atoms with van der Waals surface area (Å²) in [7, 11) is 0. The van der Waals surface area contributed by atoms with Crippen molar-refractivity contribution in [3.63, 3.8) is 0 Å². The summed E-state index contributed by atoms with van der Waals surface area (Å²) in [5.41, 5.74) is 4.54. The highest BCUT2D eigenvalue weighted by atomic mass is 16.5. The van der Waals surface area contributed by atoms with Gasteiger partial charge in [-0.05, 0) is 42.5 Å². The summed E-state index contributed by atoms with van der Waals surface area (Å²) in [5, 5.41) is 24.5. The first kappa shape index (κ1) is 18.6. The first-order valence-corrected chi connectivity index (χ1v) is 10.1. The second-order valence-corrected chi connectivity index (χ2v) is 8.14. The van der Waals surface area contributed by atoms with E-state index in [4.69, 9.17) is 4.52 Å². The smallest absolute Gasteiger partial charge is 0.237 e. The fourth-order valence-corrected chi connectivity index (χ4v) is 4.34. The fourth-order valence-electron chi connectivity index (χ4n) is 4.34. The molecule has 1 aliphatic rings. The van der Waals surface area contributed by atoms with Gasteiger partial charge in [0.05, 0.1) is 17.9 Å². The molecule has 0 bridgehead atoms. The predicted molar refractivity (Wildman–Crippen MR) is 113 cm³/mol. The van der Waals surface area contributed by atoms with Gasteiger partial charge in [0.25, 0.3) is 0 Å². The molecule has 5 rings (SSSR count). The van der Waals surface area contributed by atoms with Crippen LogP contribution in [-0.2, 0) is 5.41 Å². The lowest BCUT2D eigenvalue weighted by Crippen LogP contribution is -2.37. The van der Waals surface area contributed by atoms with E-state index >= 15 is 0 Å². The van der Waals surface area contributed by atoms with Crippen molar-refractivity contribution in [2.45, 2.75) is 31.6 Å². The van der Waals surface area contributed by atoms with Crippen LogP contribution in [0.4, 0.5) is 0 Å². The Morgan fingerprint density at radius 1 is 1.13 bits per heavy atom. The molecule has 0 aliphatic heterocycles. The average Bonchev–Trinajstić information content (AvgIpc) is 3.29. The maximum atomic E-state index is 12.8. The van der Waals surface area contributed by atoms with Gasteiger partial charge in [-0.3, -0.25) is 4.79 Å². The number of fused-ring (bicyclic) bond motifs is 1. The molecular weight excluding hydrogens is 380 g/mol. The molecular formula is C24H22N2O4. The largest absolute Gasteiger partial charge is 0.494 e. The molecule has 1 fully saturated rings. The number of hydrogen-bond donors (Lipinski definition) is 3. The van der Waals surface area contributed by atoms with Gasteiger partial charge in [-0.1, -0.05) is 48.0 Å². The number of carbonyl (C=O) groups excluding carboxylic acids is 1. The van der Waals surface area contributed by atoms with E-state index in [-0.39, 0.29) is 29.2 Å². The van der Waals surface area contributed by atoms with Crippen LogP contribution in [0.2, 0.25) is 0 Å². The molecule has 152 valence electrons. The number of H-pyrrole nitrogens is 1. The lowest BCUT2D eigenvalue weighted by Gasteiger charge is -2.41. The van der Waals surface area contributed by atoms with Gasteiger partial charge >= 0.3 is 0 Å². The van der Waals surface area contributed by atoms with Crippen molar-refractivity contribution in [1.29, 1.82) is 0 Å². The minimum atomic E-state index is -0.411. The normalized spacial score (nSPS) is 15.3. The molecule has 0 saturated heterocycles. The van der Waals surface area contributed by atoms with Gasteiger partial charge in [-0.25, -0.2) is 0 Å². The maximum Gasteiger partial charge on any atom is 0.237 e. The van der Waals surface area contributed by atoms with Crippen LogP contribution in [0.25, 0.3) is 22.0 Å². The molecule has 3 N–H and O–H groups in total. The number of aromatic nitrogens is 2. The van der Waals surface area contributed by atoms with Crippen molar-refractivity contribution in [2.75, 3.05) is 6.61 Å². The van der Waals surface area contributed by atoms with E-state index in [1.54, 1.807) is 13.0 Å². The number of benzene rings is 2. The van der Waals surface area contributed by atoms with Gasteiger partial charge in [-0.15, -0.1) is 0 Å². The molecule has 0 unspecified atom stereocenters. The minimum absolute atomic E-state index is 0.0813. The molecule has 2 aromatic heterocycles. The van der Waals surface area contributed by atoms with Crippen LogP contribution >= 0.6 is 0 Å². The summed E-state index contributed by atoms with van der Waals surface area (Å²) < 4.78 is 5.07. The number of ketones is 1. The Hall–Kier alpha value is -3.38. The third-order valence-corrected chi connectivity index (χ3v) is 6.30. The van der Waals surface area contributed by atoms with Crippen molar-refractivity contribution in [2.24, 2.45) is 0 Å². The second kappa shape index (κ2) is 6.85. The van der Waals surface area contributed by atoms with E-state index in [1.807, 2.05) is 18.2 Å². The number of nitrogens with zero attached hydrogens (tertiary/aromatic N) is 1. The summed E-state index contributed by atoms with van der Waals surface area (Å²) in [5.74, 6) is -0.505. The number of aliphatic hydroxyl groups is 1. The third-order valence-electron chi connectivity index (χ3n) is 6.30. The van der Waals surface area contributed by atoms with Crippen molar-refractivity contribution < 1.29 is 19.5 Å². The van der Waals surface area contributed by atoms with Gasteiger partial charge in [0, 0.05) is 22.4 Å². The predicted octanol–water partition coefficient (Wildman–Crippen LogP) is 4.48.